The molecule has 0 saturated carbocycles. The molecule has 3 nitrogen and oxygen atoms in total. The lowest BCUT2D eigenvalue weighted by molar-refractivity contribution is -0.0877. The summed E-state index contributed by atoms with van der Waals surface area (Å²) in [5.41, 5.74) is 0.889. The molecule has 162 valence electrons. The van der Waals surface area contributed by atoms with E-state index in [9.17, 15) is 0 Å². The van der Waals surface area contributed by atoms with Crippen LogP contribution in [0.1, 0.15) is 46.1 Å². The van der Waals surface area contributed by atoms with E-state index in [-0.39, 0.29) is 12.5 Å². The fourth-order valence-electron chi connectivity index (χ4n) is 4.05. The smallest absolute Gasteiger partial charge is 0.209 e. The molecule has 4 unspecified atom stereocenters. The molecule has 1 aromatic heterocycles. The Morgan fingerprint density at radius 3 is 2.77 bits per heavy atom. The number of benzene rings is 1. The third kappa shape index (κ3) is 4.45. The minimum Gasteiger partial charge on any atom is -0.343 e. The molecule has 0 fully saturated rings. The standard InChI is InChI=1S/C24H29BrF2N2O/c1-5-15(3)16-12-17(6-2)24(4,23(27)30-14-16)19-13-18(9-10-21(19)26)29-22-20(25)8-7-11-28-22/h7-13,15,17,23H,5-6,14H2,1-4H3,(H,28,29). The number of hydrogen-bond donors (Lipinski definition) is 1. The van der Waals surface area contributed by atoms with E-state index >= 15 is 8.78 Å². The molecule has 3 rings (SSSR count). The molecule has 30 heavy (non-hydrogen) atoms. The number of ether oxygens (including phenoxy) is 1. The third-order valence-electron chi connectivity index (χ3n) is 6.31. The van der Waals surface area contributed by atoms with Crippen LogP contribution in [0, 0.1) is 17.7 Å². The van der Waals surface area contributed by atoms with Crippen molar-refractivity contribution in [3.63, 3.8) is 0 Å². The quantitative estimate of drug-likeness (QED) is 0.441. The second-order valence-electron chi connectivity index (χ2n) is 8.13. The van der Waals surface area contributed by atoms with Crippen molar-refractivity contribution in [3.8, 4) is 0 Å². The number of anilines is 2. The molecule has 2 aromatic rings. The van der Waals surface area contributed by atoms with Crippen molar-refractivity contribution in [1.82, 2.24) is 4.98 Å². The predicted molar refractivity (Wildman–Crippen MR) is 121 cm³/mol. The van der Waals surface area contributed by atoms with Crippen molar-refractivity contribution in [3.05, 3.63) is 64.0 Å². The zero-order valence-electron chi connectivity index (χ0n) is 17.9. The third-order valence-corrected chi connectivity index (χ3v) is 6.95. The van der Waals surface area contributed by atoms with Gasteiger partial charge in [0, 0.05) is 17.4 Å². The molecule has 6 heteroatoms. The van der Waals surface area contributed by atoms with Crippen molar-refractivity contribution >= 4 is 27.4 Å². The number of alkyl halides is 1. The van der Waals surface area contributed by atoms with Crippen molar-refractivity contribution in [2.24, 2.45) is 11.8 Å². The van der Waals surface area contributed by atoms with Crippen LogP contribution in [0.25, 0.3) is 0 Å². The van der Waals surface area contributed by atoms with Crippen molar-refractivity contribution in [1.29, 1.82) is 0 Å². The number of aromatic nitrogens is 1. The molecular formula is C24H29BrF2N2O. The van der Waals surface area contributed by atoms with Crippen LogP contribution in [0.15, 0.2) is 52.7 Å². The van der Waals surface area contributed by atoms with Crippen LogP contribution in [-0.2, 0) is 10.2 Å². The largest absolute Gasteiger partial charge is 0.343 e. The molecule has 4 atom stereocenters. The number of rotatable bonds is 6. The lowest BCUT2D eigenvalue weighted by Gasteiger charge is -2.37. The lowest BCUT2D eigenvalue weighted by Crippen LogP contribution is -2.41. The maximum absolute atomic E-state index is 15.5. The summed E-state index contributed by atoms with van der Waals surface area (Å²) in [5, 5.41) is 3.19. The van der Waals surface area contributed by atoms with Gasteiger partial charge in [-0.3, -0.25) is 0 Å². The van der Waals surface area contributed by atoms with Gasteiger partial charge < -0.3 is 10.1 Å². The van der Waals surface area contributed by atoms with Crippen molar-refractivity contribution in [2.75, 3.05) is 11.9 Å². The Hall–Kier alpha value is -1.79. The van der Waals surface area contributed by atoms with E-state index in [1.165, 1.54) is 6.07 Å². The van der Waals surface area contributed by atoms with Gasteiger partial charge in [0.05, 0.1) is 16.5 Å². The van der Waals surface area contributed by atoms with Crippen LogP contribution in [0.3, 0.4) is 0 Å². The molecular weight excluding hydrogens is 450 g/mol. The van der Waals surface area contributed by atoms with Gasteiger partial charge in [0.15, 0.2) is 0 Å². The van der Waals surface area contributed by atoms with Crippen LogP contribution in [0.4, 0.5) is 20.3 Å². The maximum atomic E-state index is 15.5. The summed E-state index contributed by atoms with van der Waals surface area (Å²) < 4.78 is 37.0. The highest BCUT2D eigenvalue weighted by atomic mass is 79.9. The predicted octanol–water partition coefficient (Wildman–Crippen LogP) is 7.31. The summed E-state index contributed by atoms with van der Waals surface area (Å²) in [6, 6.07) is 8.37. The molecule has 1 aliphatic rings. The summed E-state index contributed by atoms with van der Waals surface area (Å²) in [6.45, 7) is 8.24. The number of allylic oxidation sites excluding steroid dienone is 1. The summed E-state index contributed by atoms with van der Waals surface area (Å²) in [5.74, 6) is 0.284. The second kappa shape index (κ2) is 9.56. The molecule has 0 spiro atoms. The molecule has 0 aliphatic carbocycles. The van der Waals surface area contributed by atoms with Gasteiger partial charge >= 0.3 is 0 Å². The van der Waals surface area contributed by atoms with Crippen LogP contribution in [0.5, 0.6) is 0 Å². The molecule has 0 bridgehead atoms. The Kier molecular flexibility index (Phi) is 7.30. The summed E-state index contributed by atoms with van der Waals surface area (Å²) >= 11 is 3.45. The average molecular weight is 479 g/mol. The van der Waals surface area contributed by atoms with Gasteiger partial charge in [-0.2, -0.15) is 0 Å². The number of nitrogens with one attached hydrogen (secondary N) is 1. The Morgan fingerprint density at radius 1 is 1.33 bits per heavy atom. The zero-order valence-corrected chi connectivity index (χ0v) is 19.5. The Balaban J connectivity index is 2.05. The first-order chi connectivity index (χ1) is 14.3. The molecule has 2 heterocycles. The van der Waals surface area contributed by atoms with E-state index in [0.29, 0.717) is 29.4 Å². The minimum atomic E-state index is -1.62. The first kappa shape index (κ1) is 22.9. The van der Waals surface area contributed by atoms with Crippen LogP contribution in [0.2, 0.25) is 0 Å². The molecule has 0 amide bonds. The van der Waals surface area contributed by atoms with E-state index < -0.39 is 17.6 Å². The van der Waals surface area contributed by atoms with E-state index in [4.69, 9.17) is 4.74 Å². The highest BCUT2D eigenvalue weighted by Gasteiger charge is 2.46. The normalized spacial score (nSPS) is 25.4. The average Bonchev–Trinajstić information content (AvgIpc) is 2.87. The van der Waals surface area contributed by atoms with E-state index in [1.807, 2.05) is 19.1 Å². The van der Waals surface area contributed by atoms with Crippen LogP contribution < -0.4 is 5.32 Å². The topological polar surface area (TPSA) is 34.2 Å². The van der Waals surface area contributed by atoms with E-state index in [2.05, 4.69) is 46.2 Å². The van der Waals surface area contributed by atoms with Gasteiger partial charge in [-0.15, -0.1) is 0 Å². The number of halogens is 3. The summed E-state index contributed by atoms with van der Waals surface area (Å²) in [6.07, 6.45) is 3.80. The van der Waals surface area contributed by atoms with E-state index in [0.717, 1.165) is 16.5 Å². The lowest BCUT2D eigenvalue weighted by atomic mass is 9.69. The molecule has 0 saturated heterocycles. The van der Waals surface area contributed by atoms with Gasteiger partial charge in [0.1, 0.15) is 11.6 Å². The van der Waals surface area contributed by atoms with E-state index in [1.54, 1.807) is 25.3 Å². The van der Waals surface area contributed by atoms with Gasteiger partial charge in [-0.25, -0.2) is 13.8 Å². The SMILES string of the molecule is CCC(C)C1=CC(CC)C(C)(c2cc(Nc3ncccc3Br)ccc2F)C(F)OC1. The summed E-state index contributed by atoms with van der Waals surface area (Å²) in [4.78, 5) is 4.30. The summed E-state index contributed by atoms with van der Waals surface area (Å²) in [7, 11) is 0. The van der Waals surface area contributed by atoms with Crippen molar-refractivity contribution < 1.29 is 13.5 Å². The van der Waals surface area contributed by atoms with Gasteiger partial charge in [0.25, 0.3) is 0 Å². The first-order valence-corrected chi connectivity index (χ1v) is 11.2. The molecule has 1 aromatic carbocycles. The second-order valence-corrected chi connectivity index (χ2v) is 8.98. The zero-order chi connectivity index (χ0) is 21.9. The Labute approximate surface area is 186 Å². The minimum absolute atomic E-state index is 0.190. The number of pyridine rings is 1. The number of hydrogen-bond acceptors (Lipinski definition) is 3. The maximum Gasteiger partial charge on any atom is 0.209 e. The Morgan fingerprint density at radius 2 is 2.10 bits per heavy atom. The van der Waals surface area contributed by atoms with Crippen molar-refractivity contribution in [2.45, 2.75) is 52.3 Å². The van der Waals surface area contributed by atoms with Gasteiger partial charge in [0.2, 0.25) is 6.36 Å². The van der Waals surface area contributed by atoms with Gasteiger partial charge in [-0.05, 0) is 83.4 Å². The van der Waals surface area contributed by atoms with Crippen LogP contribution >= 0.6 is 15.9 Å². The number of nitrogens with zero attached hydrogens (tertiary/aromatic N) is 1. The van der Waals surface area contributed by atoms with Gasteiger partial charge in [-0.1, -0.05) is 26.8 Å². The monoisotopic (exact) mass is 478 g/mol. The fraction of sp³-hybridized carbons (Fsp3) is 0.458. The highest BCUT2D eigenvalue weighted by Crippen LogP contribution is 2.45. The van der Waals surface area contributed by atoms with Crippen LogP contribution in [-0.4, -0.2) is 17.9 Å². The fourth-order valence-corrected chi connectivity index (χ4v) is 4.41. The molecule has 0 radical (unpaired) electrons. The Bertz CT molecular complexity index is 920. The first-order valence-electron chi connectivity index (χ1n) is 10.4. The molecule has 1 N–H and O–H groups in total. The molecule has 1 aliphatic heterocycles. The highest BCUT2D eigenvalue weighted by molar-refractivity contribution is 9.10.